The predicted molar refractivity (Wildman–Crippen MR) is 64.0 cm³/mol. The van der Waals surface area contributed by atoms with Crippen molar-refractivity contribution in [1.82, 2.24) is 4.90 Å². The molecule has 94 valence electrons. The van der Waals surface area contributed by atoms with Crippen LogP contribution in [0, 0.1) is 11.8 Å². The van der Waals surface area contributed by atoms with E-state index in [2.05, 4.69) is 13.8 Å². The van der Waals surface area contributed by atoms with Crippen molar-refractivity contribution >= 4 is 5.91 Å². The van der Waals surface area contributed by atoms with E-state index in [1.807, 2.05) is 4.90 Å². The summed E-state index contributed by atoms with van der Waals surface area (Å²) in [6.07, 6.45) is 1.70. The third-order valence-corrected chi connectivity index (χ3v) is 2.97. The highest BCUT2D eigenvalue weighted by Gasteiger charge is 2.27. The average molecular weight is 228 g/mol. The van der Waals surface area contributed by atoms with Gasteiger partial charge in [-0.3, -0.25) is 4.79 Å². The molecule has 1 saturated heterocycles. The van der Waals surface area contributed by atoms with Crippen molar-refractivity contribution in [3.63, 3.8) is 0 Å². The SMILES string of the molecule is CC(C)CCOCCN1CC(CN)CC1=O. The Labute approximate surface area is 98.1 Å². The fraction of sp³-hybridized carbons (Fsp3) is 0.917. The van der Waals surface area contributed by atoms with Crippen molar-refractivity contribution < 1.29 is 9.53 Å². The molecule has 1 atom stereocenters. The van der Waals surface area contributed by atoms with E-state index < -0.39 is 0 Å². The molecule has 1 aliphatic heterocycles. The highest BCUT2D eigenvalue weighted by Crippen LogP contribution is 2.15. The first-order valence-corrected chi connectivity index (χ1v) is 6.19. The second-order valence-corrected chi connectivity index (χ2v) is 4.94. The Hall–Kier alpha value is -0.610. The van der Waals surface area contributed by atoms with E-state index in [0.29, 0.717) is 38.0 Å². The first kappa shape index (κ1) is 13.5. The van der Waals surface area contributed by atoms with Crippen molar-refractivity contribution in [3.05, 3.63) is 0 Å². The molecule has 1 amide bonds. The number of nitrogens with zero attached hydrogens (tertiary/aromatic N) is 1. The summed E-state index contributed by atoms with van der Waals surface area (Å²) in [5, 5.41) is 0. The molecular weight excluding hydrogens is 204 g/mol. The third kappa shape index (κ3) is 4.49. The van der Waals surface area contributed by atoms with E-state index in [1.165, 1.54) is 0 Å². The molecule has 0 aromatic rings. The molecule has 4 heteroatoms. The number of nitrogens with two attached hydrogens (primary N) is 1. The molecule has 0 aliphatic carbocycles. The summed E-state index contributed by atoms with van der Waals surface area (Å²) < 4.78 is 5.50. The fourth-order valence-electron chi connectivity index (χ4n) is 1.82. The van der Waals surface area contributed by atoms with Crippen LogP contribution in [0.5, 0.6) is 0 Å². The molecule has 0 aromatic carbocycles. The lowest BCUT2D eigenvalue weighted by atomic mass is 10.1. The summed E-state index contributed by atoms with van der Waals surface area (Å²) in [6.45, 7) is 7.93. The molecule has 0 bridgehead atoms. The number of carbonyl (C=O) groups excluding carboxylic acids is 1. The number of ether oxygens (including phenoxy) is 1. The van der Waals surface area contributed by atoms with Crippen LogP contribution in [-0.4, -0.2) is 43.7 Å². The van der Waals surface area contributed by atoms with Gasteiger partial charge in [0.1, 0.15) is 0 Å². The monoisotopic (exact) mass is 228 g/mol. The minimum atomic E-state index is 0.225. The first-order valence-electron chi connectivity index (χ1n) is 6.19. The van der Waals surface area contributed by atoms with Gasteiger partial charge in [0.2, 0.25) is 5.91 Å². The zero-order valence-corrected chi connectivity index (χ0v) is 10.4. The summed E-state index contributed by atoms with van der Waals surface area (Å²) in [7, 11) is 0. The van der Waals surface area contributed by atoms with Crippen LogP contribution < -0.4 is 5.73 Å². The van der Waals surface area contributed by atoms with Gasteiger partial charge >= 0.3 is 0 Å². The van der Waals surface area contributed by atoms with Crippen LogP contribution in [-0.2, 0) is 9.53 Å². The first-order chi connectivity index (χ1) is 7.63. The Morgan fingerprint density at radius 2 is 2.25 bits per heavy atom. The average Bonchev–Trinajstić information content (AvgIpc) is 2.59. The van der Waals surface area contributed by atoms with Gasteiger partial charge in [-0.1, -0.05) is 13.8 Å². The lowest BCUT2D eigenvalue weighted by molar-refractivity contribution is -0.128. The number of hydrogen-bond donors (Lipinski definition) is 1. The quantitative estimate of drug-likeness (QED) is 0.657. The van der Waals surface area contributed by atoms with Crippen LogP contribution in [0.2, 0.25) is 0 Å². The van der Waals surface area contributed by atoms with Gasteiger partial charge in [-0.15, -0.1) is 0 Å². The standard InChI is InChI=1S/C12H24N2O2/c1-10(2)3-5-16-6-4-14-9-11(8-13)7-12(14)15/h10-11H,3-9,13H2,1-2H3. The van der Waals surface area contributed by atoms with Crippen molar-refractivity contribution in [1.29, 1.82) is 0 Å². The molecule has 1 aliphatic rings. The van der Waals surface area contributed by atoms with E-state index in [1.54, 1.807) is 0 Å². The molecule has 0 radical (unpaired) electrons. The molecule has 1 rings (SSSR count). The van der Waals surface area contributed by atoms with Gasteiger partial charge in [-0.05, 0) is 24.8 Å². The van der Waals surface area contributed by atoms with Crippen LogP contribution >= 0.6 is 0 Å². The van der Waals surface area contributed by atoms with Gasteiger partial charge in [0.15, 0.2) is 0 Å². The van der Waals surface area contributed by atoms with E-state index in [4.69, 9.17) is 10.5 Å². The molecule has 0 saturated carbocycles. The summed E-state index contributed by atoms with van der Waals surface area (Å²) in [5.74, 6) is 1.25. The minimum Gasteiger partial charge on any atom is -0.380 e. The molecule has 1 fully saturated rings. The zero-order valence-electron chi connectivity index (χ0n) is 10.4. The lowest BCUT2D eigenvalue weighted by Crippen LogP contribution is -2.30. The molecule has 0 spiro atoms. The Morgan fingerprint density at radius 3 is 2.81 bits per heavy atom. The van der Waals surface area contributed by atoms with Gasteiger partial charge in [0.05, 0.1) is 6.61 Å². The number of likely N-dealkylation sites (tertiary alicyclic amines) is 1. The third-order valence-electron chi connectivity index (χ3n) is 2.97. The van der Waals surface area contributed by atoms with Crippen LogP contribution in [0.1, 0.15) is 26.7 Å². The summed E-state index contributed by atoms with van der Waals surface area (Å²) in [5.41, 5.74) is 5.56. The van der Waals surface area contributed by atoms with Gasteiger partial charge < -0.3 is 15.4 Å². The van der Waals surface area contributed by atoms with Crippen LogP contribution in [0.15, 0.2) is 0 Å². The maximum atomic E-state index is 11.5. The number of carbonyl (C=O) groups is 1. The Kier molecular flexibility index (Phi) is 5.77. The van der Waals surface area contributed by atoms with E-state index in [0.717, 1.165) is 19.6 Å². The molecule has 1 heterocycles. The highest BCUT2D eigenvalue weighted by atomic mass is 16.5. The normalized spacial score (nSPS) is 21.1. The molecule has 2 N–H and O–H groups in total. The smallest absolute Gasteiger partial charge is 0.223 e. The maximum Gasteiger partial charge on any atom is 0.223 e. The number of hydrogen-bond acceptors (Lipinski definition) is 3. The largest absolute Gasteiger partial charge is 0.380 e. The van der Waals surface area contributed by atoms with E-state index in [-0.39, 0.29) is 5.91 Å². The Balaban J connectivity index is 2.07. The van der Waals surface area contributed by atoms with Crippen LogP contribution in [0.25, 0.3) is 0 Å². The molecule has 0 aromatic heterocycles. The molecule has 16 heavy (non-hydrogen) atoms. The summed E-state index contributed by atoms with van der Waals surface area (Å²) in [6, 6.07) is 0. The van der Waals surface area contributed by atoms with E-state index >= 15 is 0 Å². The Morgan fingerprint density at radius 1 is 1.50 bits per heavy atom. The van der Waals surface area contributed by atoms with Gasteiger partial charge in [0.25, 0.3) is 0 Å². The predicted octanol–water partition coefficient (Wildman–Crippen LogP) is 0.856. The molecular formula is C12H24N2O2. The lowest BCUT2D eigenvalue weighted by Gasteiger charge is -2.16. The molecule has 4 nitrogen and oxygen atoms in total. The maximum absolute atomic E-state index is 11.5. The molecule has 1 unspecified atom stereocenters. The van der Waals surface area contributed by atoms with Crippen molar-refractivity contribution in [2.45, 2.75) is 26.7 Å². The summed E-state index contributed by atoms with van der Waals surface area (Å²) in [4.78, 5) is 13.4. The zero-order chi connectivity index (χ0) is 12.0. The minimum absolute atomic E-state index is 0.225. The van der Waals surface area contributed by atoms with Crippen molar-refractivity contribution in [3.8, 4) is 0 Å². The van der Waals surface area contributed by atoms with Crippen LogP contribution in [0.3, 0.4) is 0 Å². The van der Waals surface area contributed by atoms with Crippen molar-refractivity contribution in [2.75, 3.05) is 32.8 Å². The van der Waals surface area contributed by atoms with Gasteiger partial charge in [-0.25, -0.2) is 0 Å². The van der Waals surface area contributed by atoms with Gasteiger partial charge in [0, 0.05) is 26.1 Å². The van der Waals surface area contributed by atoms with Crippen molar-refractivity contribution in [2.24, 2.45) is 17.6 Å². The Bertz CT molecular complexity index is 219. The number of rotatable bonds is 7. The fourth-order valence-corrected chi connectivity index (χ4v) is 1.82. The topological polar surface area (TPSA) is 55.6 Å². The number of amides is 1. The summed E-state index contributed by atoms with van der Waals surface area (Å²) >= 11 is 0. The van der Waals surface area contributed by atoms with Gasteiger partial charge in [-0.2, -0.15) is 0 Å². The highest BCUT2D eigenvalue weighted by molar-refractivity contribution is 5.78. The van der Waals surface area contributed by atoms with Crippen LogP contribution in [0.4, 0.5) is 0 Å². The second-order valence-electron chi connectivity index (χ2n) is 4.94. The second kappa shape index (κ2) is 6.86. The van der Waals surface area contributed by atoms with E-state index in [9.17, 15) is 4.79 Å².